The van der Waals surface area contributed by atoms with Crippen molar-refractivity contribution in [2.75, 3.05) is 16.8 Å². The van der Waals surface area contributed by atoms with Gasteiger partial charge in [0, 0.05) is 10.6 Å². The van der Waals surface area contributed by atoms with E-state index in [1.54, 1.807) is 24.3 Å². The lowest BCUT2D eigenvalue weighted by Gasteiger charge is -2.17. The second-order valence-electron chi connectivity index (χ2n) is 8.32. The number of nitrogens with zero attached hydrogens (tertiary/aromatic N) is 1. The summed E-state index contributed by atoms with van der Waals surface area (Å²) in [5, 5.41) is 5.15. The molecule has 6 heteroatoms. The van der Waals surface area contributed by atoms with Crippen molar-refractivity contribution >= 4 is 40.1 Å². The molecule has 0 bridgehead atoms. The van der Waals surface area contributed by atoms with Gasteiger partial charge in [0.1, 0.15) is 11.4 Å². The molecule has 0 fully saturated rings. The number of carbonyl (C=O) groups excluding carboxylic acids is 2. The van der Waals surface area contributed by atoms with E-state index in [9.17, 15) is 9.59 Å². The van der Waals surface area contributed by atoms with E-state index in [0.29, 0.717) is 35.2 Å². The summed E-state index contributed by atoms with van der Waals surface area (Å²) in [5.41, 5.74) is 4.15. The fourth-order valence-electron chi connectivity index (χ4n) is 3.57. The molecule has 32 heavy (non-hydrogen) atoms. The second kappa shape index (κ2) is 9.01. The van der Waals surface area contributed by atoms with E-state index < -0.39 is 0 Å². The average molecular weight is 447 g/mol. The molecule has 0 spiro atoms. The summed E-state index contributed by atoms with van der Waals surface area (Å²) >= 11 is 1.44. The maximum atomic E-state index is 13.5. The zero-order chi connectivity index (χ0) is 22.8. The van der Waals surface area contributed by atoms with Crippen LogP contribution in [0, 0.1) is 19.8 Å². The number of imide groups is 1. The molecule has 0 saturated heterocycles. The Bertz CT molecular complexity index is 1180. The van der Waals surface area contributed by atoms with E-state index >= 15 is 0 Å². The standard InChI is InChI=1S/C26H26N2O3S/c1-16(2)15-31-20-10-8-19(9-11-20)28-25(29)23(22-6-5-13-32-22)24(26(28)30)27-21-12-7-17(3)14-18(21)4/h5-14,16,27H,15H2,1-4H3. The highest BCUT2D eigenvalue weighted by molar-refractivity contribution is 7.11. The number of ether oxygens (including phenoxy) is 1. The molecule has 0 atom stereocenters. The minimum Gasteiger partial charge on any atom is -0.493 e. The number of amides is 2. The summed E-state index contributed by atoms with van der Waals surface area (Å²) < 4.78 is 5.73. The minimum atomic E-state index is -0.366. The predicted molar refractivity (Wildman–Crippen MR) is 130 cm³/mol. The van der Waals surface area contributed by atoms with Crippen molar-refractivity contribution in [3.8, 4) is 5.75 Å². The number of aryl methyl sites for hydroxylation is 2. The van der Waals surface area contributed by atoms with Crippen molar-refractivity contribution < 1.29 is 14.3 Å². The van der Waals surface area contributed by atoms with Gasteiger partial charge in [-0.3, -0.25) is 9.59 Å². The topological polar surface area (TPSA) is 58.6 Å². The van der Waals surface area contributed by atoms with E-state index in [-0.39, 0.29) is 11.8 Å². The highest BCUT2D eigenvalue weighted by Gasteiger charge is 2.40. The molecule has 2 aromatic carbocycles. The lowest BCUT2D eigenvalue weighted by Crippen LogP contribution is -2.32. The fourth-order valence-corrected chi connectivity index (χ4v) is 4.34. The normalized spacial score (nSPS) is 14.0. The summed E-state index contributed by atoms with van der Waals surface area (Å²) in [6.07, 6.45) is 0. The summed E-state index contributed by atoms with van der Waals surface area (Å²) in [4.78, 5) is 28.9. The van der Waals surface area contributed by atoms with Crippen LogP contribution in [0.4, 0.5) is 11.4 Å². The van der Waals surface area contributed by atoms with Crippen LogP contribution < -0.4 is 15.0 Å². The van der Waals surface area contributed by atoms with Gasteiger partial charge in [-0.25, -0.2) is 4.90 Å². The van der Waals surface area contributed by atoms with Gasteiger partial charge in [0.25, 0.3) is 11.8 Å². The van der Waals surface area contributed by atoms with E-state index in [2.05, 4.69) is 19.2 Å². The number of anilines is 2. The lowest BCUT2D eigenvalue weighted by molar-refractivity contribution is -0.120. The van der Waals surface area contributed by atoms with Crippen molar-refractivity contribution in [3.63, 3.8) is 0 Å². The van der Waals surface area contributed by atoms with Gasteiger partial charge < -0.3 is 10.1 Å². The largest absolute Gasteiger partial charge is 0.493 e. The predicted octanol–water partition coefficient (Wildman–Crippen LogP) is 5.80. The fraction of sp³-hybridized carbons (Fsp3) is 0.231. The van der Waals surface area contributed by atoms with Gasteiger partial charge in [-0.2, -0.15) is 0 Å². The van der Waals surface area contributed by atoms with Crippen molar-refractivity contribution in [2.24, 2.45) is 5.92 Å². The maximum Gasteiger partial charge on any atom is 0.282 e. The monoisotopic (exact) mass is 446 g/mol. The number of hydrogen-bond donors (Lipinski definition) is 1. The molecule has 1 aromatic heterocycles. The first-order chi connectivity index (χ1) is 15.3. The summed E-state index contributed by atoms with van der Waals surface area (Å²) in [6.45, 7) is 8.77. The third-order valence-corrected chi connectivity index (χ3v) is 6.06. The Morgan fingerprint density at radius 1 is 1.00 bits per heavy atom. The molecule has 1 aliphatic heterocycles. The molecule has 1 N–H and O–H groups in total. The Balaban J connectivity index is 1.68. The smallest absolute Gasteiger partial charge is 0.282 e. The Labute approximate surface area is 192 Å². The van der Waals surface area contributed by atoms with Crippen LogP contribution >= 0.6 is 11.3 Å². The van der Waals surface area contributed by atoms with Crippen molar-refractivity contribution in [2.45, 2.75) is 27.7 Å². The molecule has 0 saturated carbocycles. The van der Waals surface area contributed by atoms with Crippen molar-refractivity contribution in [1.29, 1.82) is 0 Å². The molecular weight excluding hydrogens is 420 g/mol. The van der Waals surface area contributed by atoms with Crippen molar-refractivity contribution in [1.82, 2.24) is 0 Å². The molecule has 1 aliphatic rings. The van der Waals surface area contributed by atoms with Crippen LogP contribution in [0.25, 0.3) is 5.57 Å². The molecule has 0 aliphatic carbocycles. The van der Waals surface area contributed by atoms with Crippen LogP contribution in [0.15, 0.2) is 65.7 Å². The second-order valence-corrected chi connectivity index (χ2v) is 9.26. The number of thiophene rings is 1. The van der Waals surface area contributed by atoms with Crippen molar-refractivity contribution in [3.05, 3.63) is 81.7 Å². The highest BCUT2D eigenvalue weighted by Crippen LogP contribution is 2.36. The quantitative estimate of drug-likeness (QED) is 0.466. The third-order valence-electron chi connectivity index (χ3n) is 5.17. The average Bonchev–Trinajstić information content (AvgIpc) is 3.36. The first-order valence-electron chi connectivity index (χ1n) is 10.6. The zero-order valence-electron chi connectivity index (χ0n) is 18.6. The summed E-state index contributed by atoms with van der Waals surface area (Å²) in [7, 11) is 0. The minimum absolute atomic E-state index is 0.296. The molecule has 0 radical (unpaired) electrons. The third kappa shape index (κ3) is 4.32. The van der Waals surface area contributed by atoms with E-state index in [1.165, 1.54) is 16.2 Å². The Hall–Kier alpha value is -3.38. The van der Waals surface area contributed by atoms with E-state index in [0.717, 1.165) is 21.7 Å². The van der Waals surface area contributed by atoms with Crippen LogP contribution in [-0.2, 0) is 9.59 Å². The SMILES string of the molecule is Cc1ccc(NC2=C(c3cccs3)C(=O)N(c3ccc(OCC(C)C)cc3)C2=O)c(C)c1. The lowest BCUT2D eigenvalue weighted by atomic mass is 10.1. The Morgan fingerprint density at radius 3 is 2.38 bits per heavy atom. The van der Waals surface area contributed by atoms with Gasteiger partial charge >= 0.3 is 0 Å². The zero-order valence-corrected chi connectivity index (χ0v) is 19.5. The first kappa shape index (κ1) is 21.8. The summed E-state index contributed by atoms with van der Waals surface area (Å²) in [6, 6.07) is 16.8. The van der Waals surface area contributed by atoms with Gasteiger partial charge in [0.05, 0.1) is 17.9 Å². The van der Waals surface area contributed by atoms with Gasteiger partial charge in [0.2, 0.25) is 0 Å². The van der Waals surface area contributed by atoms with Gasteiger partial charge in [0.15, 0.2) is 0 Å². The van der Waals surface area contributed by atoms with Crippen LogP contribution in [0.2, 0.25) is 0 Å². The molecule has 0 unspecified atom stereocenters. The number of carbonyl (C=O) groups is 2. The molecule has 3 aromatic rings. The molecule has 164 valence electrons. The molecule has 2 amide bonds. The number of nitrogens with one attached hydrogen (secondary N) is 1. The van der Waals surface area contributed by atoms with E-state index in [1.807, 2.05) is 49.6 Å². The molecule has 4 rings (SSSR count). The Morgan fingerprint density at radius 2 is 1.75 bits per heavy atom. The van der Waals surface area contributed by atoms with Gasteiger partial charge in [-0.05, 0) is 67.1 Å². The first-order valence-corrected chi connectivity index (χ1v) is 11.5. The number of benzene rings is 2. The van der Waals surface area contributed by atoms with Gasteiger partial charge in [-0.15, -0.1) is 11.3 Å². The van der Waals surface area contributed by atoms with Crippen LogP contribution in [0.3, 0.4) is 0 Å². The number of rotatable bonds is 7. The molecule has 2 heterocycles. The summed E-state index contributed by atoms with van der Waals surface area (Å²) in [5.74, 6) is 0.421. The van der Waals surface area contributed by atoms with Gasteiger partial charge in [-0.1, -0.05) is 37.6 Å². The van der Waals surface area contributed by atoms with Crippen LogP contribution in [-0.4, -0.2) is 18.4 Å². The highest BCUT2D eigenvalue weighted by atomic mass is 32.1. The Kier molecular flexibility index (Phi) is 6.15. The van der Waals surface area contributed by atoms with Crippen LogP contribution in [0.1, 0.15) is 29.9 Å². The molecule has 5 nitrogen and oxygen atoms in total. The maximum absolute atomic E-state index is 13.5. The van der Waals surface area contributed by atoms with E-state index in [4.69, 9.17) is 4.74 Å². The number of hydrogen-bond acceptors (Lipinski definition) is 5. The van der Waals surface area contributed by atoms with Crippen LogP contribution in [0.5, 0.6) is 5.75 Å². The molecular formula is C26H26N2O3S.